The van der Waals surface area contributed by atoms with Gasteiger partial charge in [-0.25, -0.2) is 0 Å². The van der Waals surface area contributed by atoms with Crippen molar-refractivity contribution in [1.29, 1.82) is 5.26 Å². The number of benzene rings is 1. The molecule has 1 aliphatic heterocycles. The smallest absolute Gasteiger partial charge is 0.238 e. The third kappa shape index (κ3) is 1.23. The van der Waals surface area contributed by atoms with Gasteiger partial charge in [-0.1, -0.05) is 18.2 Å². The van der Waals surface area contributed by atoms with E-state index in [2.05, 4.69) is 6.07 Å². The lowest BCUT2D eigenvalue weighted by Crippen LogP contribution is -2.37. The fourth-order valence-electron chi connectivity index (χ4n) is 2.34. The predicted molar refractivity (Wildman–Crippen MR) is 62.1 cm³/mol. The Balaban J connectivity index is 2.60. The molecule has 0 bridgehead atoms. The summed E-state index contributed by atoms with van der Waals surface area (Å²) >= 11 is 0. The van der Waals surface area contributed by atoms with Crippen LogP contribution in [0.4, 0.5) is 5.69 Å². The SMILES string of the molecule is CCN1C(=O)C(C)(CC#N)c2ccccc21. The molecule has 1 amide bonds. The molecule has 3 nitrogen and oxygen atoms in total. The van der Waals surface area contributed by atoms with Crippen LogP contribution in [0.15, 0.2) is 24.3 Å². The van der Waals surface area contributed by atoms with E-state index in [1.807, 2.05) is 38.1 Å². The van der Waals surface area contributed by atoms with E-state index in [0.29, 0.717) is 6.54 Å². The van der Waals surface area contributed by atoms with Gasteiger partial charge in [-0.3, -0.25) is 4.79 Å². The van der Waals surface area contributed by atoms with Gasteiger partial charge in [0.2, 0.25) is 5.91 Å². The van der Waals surface area contributed by atoms with Gasteiger partial charge in [0.25, 0.3) is 0 Å². The van der Waals surface area contributed by atoms with Crippen LogP contribution in [-0.2, 0) is 10.2 Å². The molecule has 1 unspecified atom stereocenters. The number of anilines is 1. The highest BCUT2D eigenvalue weighted by molar-refractivity contribution is 6.07. The van der Waals surface area contributed by atoms with Gasteiger partial charge in [0.15, 0.2) is 0 Å². The summed E-state index contributed by atoms with van der Waals surface area (Å²) in [4.78, 5) is 14.0. The highest BCUT2D eigenvalue weighted by Gasteiger charge is 2.46. The minimum Gasteiger partial charge on any atom is -0.312 e. The lowest BCUT2D eigenvalue weighted by molar-refractivity contribution is -0.122. The van der Waals surface area contributed by atoms with Crippen LogP contribution in [0.3, 0.4) is 0 Å². The van der Waals surface area contributed by atoms with E-state index in [1.165, 1.54) is 0 Å². The lowest BCUT2D eigenvalue weighted by Gasteiger charge is -2.20. The topological polar surface area (TPSA) is 44.1 Å². The number of nitriles is 1. The van der Waals surface area contributed by atoms with E-state index in [-0.39, 0.29) is 12.3 Å². The van der Waals surface area contributed by atoms with Gasteiger partial charge >= 0.3 is 0 Å². The highest BCUT2D eigenvalue weighted by Crippen LogP contribution is 2.43. The summed E-state index contributed by atoms with van der Waals surface area (Å²) in [5.74, 6) is 0.0396. The molecule has 1 atom stereocenters. The molecule has 0 fully saturated rings. The Morgan fingerprint density at radius 2 is 2.12 bits per heavy atom. The van der Waals surface area contributed by atoms with Crippen LogP contribution in [0.2, 0.25) is 0 Å². The van der Waals surface area contributed by atoms with E-state index in [1.54, 1.807) is 4.90 Å². The number of carbonyl (C=O) groups is 1. The van der Waals surface area contributed by atoms with Crippen molar-refractivity contribution < 1.29 is 4.79 Å². The molecule has 0 radical (unpaired) electrons. The van der Waals surface area contributed by atoms with E-state index < -0.39 is 5.41 Å². The third-order valence-corrected chi connectivity index (χ3v) is 3.26. The van der Waals surface area contributed by atoms with Crippen molar-refractivity contribution in [3.05, 3.63) is 29.8 Å². The number of hydrogen-bond donors (Lipinski definition) is 0. The van der Waals surface area contributed by atoms with Gasteiger partial charge in [0.1, 0.15) is 0 Å². The summed E-state index contributed by atoms with van der Waals surface area (Å²) in [7, 11) is 0. The molecule has 0 saturated carbocycles. The summed E-state index contributed by atoms with van der Waals surface area (Å²) in [5, 5.41) is 8.87. The van der Waals surface area contributed by atoms with Crippen molar-refractivity contribution in [1.82, 2.24) is 0 Å². The van der Waals surface area contributed by atoms with Crippen LogP contribution in [0, 0.1) is 11.3 Å². The molecule has 0 aromatic heterocycles. The van der Waals surface area contributed by atoms with E-state index in [9.17, 15) is 4.79 Å². The number of para-hydroxylation sites is 1. The number of amides is 1. The Kier molecular flexibility index (Phi) is 2.43. The zero-order chi connectivity index (χ0) is 11.8. The van der Waals surface area contributed by atoms with Gasteiger partial charge in [-0.2, -0.15) is 5.26 Å². The summed E-state index contributed by atoms with van der Waals surface area (Å²) in [6.45, 7) is 4.46. The maximum atomic E-state index is 12.3. The lowest BCUT2D eigenvalue weighted by atomic mass is 9.81. The van der Waals surface area contributed by atoms with Crippen LogP contribution in [0.5, 0.6) is 0 Å². The summed E-state index contributed by atoms with van der Waals surface area (Å²) < 4.78 is 0. The van der Waals surface area contributed by atoms with Crippen molar-refractivity contribution in [2.45, 2.75) is 25.7 Å². The van der Waals surface area contributed by atoms with Gasteiger partial charge in [-0.05, 0) is 25.5 Å². The molecular formula is C13H14N2O. The number of hydrogen-bond acceptors (Lipinski definition) is 2. The van der Waals surface area contributed by atoms with Crippen LogP contribution in [-0.4, -0.2) is 12.5 Å². The Bertz CT molecular complexity index is 475. The van der Waals surface area contributed by atoms with Gasteiger partial charge in [0, 0.05) is 12.2 Å². The normalized spacial score (nSPS) is 23.1. The number of likely N-dealkylation sites (N-methyl/N-ethyl adjacent to an activating group) is 1. The van der Waals surface area contributed by atoms with Gasteiger partial charge < -0.3 is 4.90 Å². The van der Waals surface area contributed by atoms with Crippen LogP contribution in [0.25, 0.3) is 0 Å². The monoisotopic (exact) mass is 214 g/mol. The number of rotatable bonds is 2. The Hall–Kier alpha value is -1.82. The molecular weight excluding hydrogens is 200 g/mol. The maximum absolute atomic E-state index is 12.3. The molecule has 2 rings (SSSR count). The van der Waals surface area contributed by atoms with Gasteiger partial charge in [-0.15, -0.1) is 0 Å². The Morgan fingerprint density at radius 3 is 2.75 bits per heavy atom. The maximum Gasteiger partial charge on any atom is 0.238 e. The minimum atomic E-state index is -0.665. The zero-order valence-electron chi connectivity index (χ0n) is 9.53. The van der Waals surface area contributed by atoms with Crippen LogP contribution in [0.1, 0.15) is 25.8 Å². The first-order chi connectivity index (χ1) is 7.65. The van der Waals surface area contributed by atoms with Crippen molar-refractivity contribution in [3.8, 4) is 6.07 Å². The fraction of sp³-hybridized carbons (Fsp3) is 0.385. The summed E-state index contributed by atoms with van der Waals surface area (Å²) in [6.07, 6.45) is 0.235. The largest absolute Gasteiger partial charge is 0.312 e. The molecule has 0 aliphatic carbocycles. The van der Waals surface area contributed by atoms with E-state index in [4.69, 9.17) is 5.26 Å². The standard InChI is InChI=1S/C13H14N2O/c1-3-15-11-7-5-4-6-10(11)13(2,8-9-14)12(15)16/h4-7H,3,8H2,1-2H3. The number of nitrogens with zero attached hydrogens (tertiary/aromatic N) is 2. The second-order valence-electron chi connectivity index (χ2n) is 4.23. The first kappa shape index (κ1) is 10.7. The molecule has 1 aromatic rings. The first-order valence-electron chi connectivity index (χ1n) is 5.43. The van der Waals surface area contributed by atoms with E-state index in [0.717, 1.165) is 11.3 Å². The van der Waals surface area contributed by atoms with Crippen molar-refractivity contribution in [3.63, 3.8) is 0 Å². The van der Waals surface area contributed by atoms with Crippen molar-refractivity contribution in [2.75, 3.05) is 11.4 Å². The minimum absolute atomic E-state index is 0.0396. The third-order valence-electron chi connectivity index (χ3n) is 3.26. The molecule has 16 heavy (non-hydrogen) atoms. The van der Waals surface area contributed by atoms with Crippen molar-refractivity contribution >= 4 is 11.6 Å². The highest BCUT2D eigenvalue weighted by atomic mass is 16.2. The zero-order valence-corrected chi connectivity index (χ0v) is 9.53. The summed E-state index contributed by atoms with van der Waals surface area (Å²) in [5.41, 5.74) is 1.26. The molecule has 0 spiro atoms. The quantitative estimate of drug-likeness (QED) is 0.757. The van der Waals surface area contributed by atoms with Crippen LogP contribution >= 0.6 is 0 Å². The Labute approximate surface area is 95.3 Å². The molecule has 0 N–H and O–H groups in total. The summed E-state index contributed by atoms with van der Waals surface area (Å²) in [6, 6.07) is 9.85. The molecule has 1 aliphatic rings. The average molecular weight is 214 g/mol. The van der Waals surface area contributed by atoms with Crippen molar-refractivity contribution in [2.24, 2.45) is 0 Å². The average Bonchev–Trinajstić information content (AvgIpc) is 2.50. The molecule has 1 aromatic carbocycles. The number of fused-ring (bicyclic) bond motifs is 1. The second kappa shape index (κ2) is 3.64. The fourth-order valence-corrected chi connectivity index (χ4v) is 2.34. The molecule has 82 valence electrons. The predicted octanol–water partition coefficient (Wildman–Crippen LogP) is 2.22. The molecule has 0 saturated heterocycles. The molecule has 1 heterocycles. The first-order valence-corrected chi connectivity index (χ1v) is 5.43. The van der Waals surface area contributed by atoms with Gasteiger partial charge in [0.05, 0.1) is 17.9 Å². The van der Waals surface area contributed by atoms with Crippen LogP contribution < -0.4 is 4.90 Å². The van der Waals surface area contributed by atoms with E-state index >= 15 is 0 Å². The Morgan fingerprint density at radius 1 is 1.44 bits per heavy atom. The number of carbonyl (C=O) groups excluding carboxylic acids is 1. The second-order valence-corrected chi connectivity index (χ2v) is 4.23. The molecule has 3 heteroatoms.